The highest BCUT2D eigenvalue weighted by Gasteiger charge is 2.37. The van der Waals surface area contributed by atoms with Crippen molar-refractivity contribution in [2.24, 2.45) is 5.92 Å². The lowest BCUT2D eigenvalue weighted by Gasteiger charge is -2.17. The minimum atomic E-state index is -0.640. The Balaban J connectivity index is 1.65. The van der Waals surface area contributed by atoms with Crippen LogP contribution in [0.1, 0.15) is 12.0 Å². The molecule has 1 aliphatic rings. The molecule has 1 fully saturated rings. The number of nitrogens with zero attached hydrogens (tertiary/aromatic N) is 1. The van der Waals surface area contributed by atoms with E-state index in [2.05, 4.69) is 21.2 Å². The molecule has 1 aliphatic heterocycles. The molecule has 0 saturated carbocycles. The van der Waals surface area contributed by atoms with Crippen molar-refractivity contribution in [3.63, 3.8) is 0 Å². The van der Waals surface area contributed by atoms with Gasteiger partial charge in [-0.05, 0) is 36.8 Å². The zero-order valence-electron chi connectivity index (χ0n) is 13.9. The summed E-state index contributed by atoms with van der Waals surface area (Å²) in [6, 6.07) is 15.0. The van der Waals surface area contributed by atoms with E-state index in [4.69, 9.17) is 4.74 Å². The Kier molecular flexibility index (Phi) is 5.38. The summed E-state index contributed by atoms with van der Waals surface area (Å²) in [6.07, 6.45) is 0.523. The van der Waals surface area contributed by atoms with Gasteiger partial charge in [-0.1, -0.05) is 34.1 Å². The number of para-hydroxylation sites is 1. The van der Waals surface area contributed by atoms with E-state index >= 15 is 0 Å². The van der Waals surface area contributed by atoms with Crippen LogP contribution in [0.25, 0.3) is 0 Å². The van der Waals surface area contributed by atoms with Crippen molar-refractivity contribution >= 4 is 33.4 Å². The lowest BCUT2D eigenvalue weighted by Crippen LogP contribution is -2.36. The highest BCUT2D eigenvalue weighted by Crippen LogP contribution is 2.26. The lowest BCUT2D eigenvalue weighted by molar-refractivity contribution is -0.132. The minimum absolute atomic E-state index is 0.148. The molecule has 5 nitrogen and oxygen atoms in total. The summed E-state index contributed by atoms with van der Waals surface area (Å²) in [4.78, 5) is 26.7. The first kappa shape index (κ1) is 17.5. The maximum absolute atomic E-state index is 12.6. The molecule has 2 aromatic carbocycles. The molecule has 0 aromatic heterocycles. The molecule has 3 rings (SSSR count). The van der Waals surface area contributed by atoms with Crippen molar-refractivity contribution in [2.75, 3.05) is 18.6 Å². The van der Waals surface area contributed by atoms with Crippen LogP contribution < -0.4 is 15.0 Å². The highest BCUT2D eigenvalue weighted by molar-refractivity contribution is 9.10. The predicted octanol–water partition coefficient (Wildman–Crippen LogP) is 3.13. The number of amides is 2. The van der Waals surface area contributed by atoms with E-state index < -0.39 is 5.92 Å². The molecule has 2 amide bonds. The molecule has 0 unspecified atom stereocenters. The smallest absolute Gasteiger partial charge is 0.239 e. The average molecular weight is 403 g/mol. The zero-order valence-corrected chi connectivity index (χ0v) is 15.5. The van der Waals surface area contributed by atoms with E-state index in [9.17, 15) is 9.59 Å². The van der Waals surface area contributed by atoms with Crippen LogP contribution in [-0.2, 0) is 16.1 Å². The van der Waals surface area contributed by atoms with Crippen LogP contribution in [0.5, 0.6) is 5.75 Å². The van der Waals surface area contributed by atoms with Gasteiger partial charge in [0.05, 0.1) is 7.11 Å². The molecule has 0 aliphatic carbocycles. The third-order valence-electron chi connectivity index (χ3n) is 4.29. The Morgan fingerprint density at radius 1 is 1.28 bits per heavy atom. The fraction of sp³-hybridized carbons (Fsp3) is 0.263. The topological polar surface area (TPSA) is 58.6 Å². The van der Waals surface area contributed by atoms with Gasteiger partial charge in [0.25, 0.3) is 0 Å². The molecular weight excluding hydrogens is 384 g/mol. The number of hydrogen-bond donors (Lipinski definition) is 1. The number of carbonyl (C=O) groups is 2. The van der Waals surface area contributed by atoms with Gasteiger partial charge in [0, 0.05) is 28.8 Å². The van der Waals surface area contributed by atoms with E-state index in [0.29, 0.717) is 25.3 Å². The van der Waals surface area contributed by atoms with Gasteiger partial charge in [0.1, 0.15) is 11.7 Å². The Morgan fingerprint density at radius 2 is 2.04 bits per heavy atom. The first-order valence-electron chi connectivity index (χ1n) is 8.06. The van der Waals surface area contributed by atoms with Crippen LogP contribution in [0.4, 0.5) is 5.69 Å². The molecule has 6 heteroatoms. The number of benzene rings is 2. The van der Waals surface area contributed by atoms with Gasteiger partial charge in [-0.2, -0.15) is 0 Å². The number of nitrogens with one attached hydrogen (secondary N) is 1. The Hall–Kier alpha value is -2.34. The summed E-state index contributed by atoms with van der Waals surface area (Å²) in [5, 5.41) is 2.86. The van der Waals surface area contributed by atoms with Crippen molar-refractivity contribution in [3.8, 4) is 5.75 Å². The molecule has 1 heterocycles. The molecule has 0 spiro atoms. The Morgan fingerprint density at radius 3 is 2.76 bits per heavy atom. The summed E-state index contributed by atoms with van der Waals surface area (Å²) < 4.78 is 6.21. The number of rotatable bonds is 5. The maximum atomic E-state index is 12.6. The number of anilines is 1. The second kappa shape index (κ2) is 7.70. The lowest BCUT2D eigenvalue weighted by atomic mass is 10.1. The van der Waals surface area contributed by atoms with E-state index in [-0.39, 0.29) is 11.8 Å². The number of hydrogen-bond acceptors (Lipinski definition) is 3. The quantitative estimate of drug-likeness (QED) is 0.781. The van der Waals surface area contributed by atoms with Gasteiger partial charge >= 0.3 is 0 Å². The molecular formula is C19H19BrN2O3. The first-order chi connectivity index (χ1) is 12.1. The number of ether oxygens (including phenoxy) is 1. The van der Waals surface area contributed by atoms with Crippen LogP contribution >= 0.6 is 15.9 Å². The monoisotopic (exact) mass is 402 g/mol. The van der Waals surface area contributed by atoms with Crippen LogP contribution in [0.3, 0.4) is 0 Å². The van der Waals surface area contributed by atoms with Gasteiger partial charge in [0.2, 0.25) is 11.8 Å². The van der Waals surface area contributed by atoms with Crippen LogP contribution in [-0.4, -0.2) is 25.5 Å². The fourth-order valence-electron chi connectivity index (χ4n) is 2.98. The zero-order chi connectivity index (χ0) is 17.8. The highest BCUT2D eigenvalue weighted by atomic mass is 79.9. The summed E-state index contributed by atoms with van der Waals surface area (Å²) in [5.74, 6) is -0.333. The summed E-state index contributed by atoms with van der Waals surface area (Å²) in [5.41, 5.74) is 1.69. The molecule has 130 valence electrons. The van der Waals surface area contributed by atoms with E-state index in [1.54, 1.807) is 12.0 Å². The summed E-state index contributed by atoms with van der Waals surface area (Å²) in [7, 11) is 1.59. The van der Waals surface area contributed by atoms with Gasteiger partial charge in [-0.25, -0.2) is 0 Å². The Bertz CT molecular complexity index is 779. The molecule has 25 heavy (non-hydrogen) atoms. The molecule has 2 aromatic rings. The normalized spacial score (nSPS) is 16.8. The summed E-state index contributed by atoms with van der Waals surface area (Å²) >= 11 is 3.41. The van der Waals surface area contributed by atoms with Crippen molar-refractivity contribution in [3.05, 3.63) is 58.6 Å². The molecule has 0 bridgehead atoms. The largest absolute Gasteiger partial charge is 0.496 e. The van der Waals surface area contributed by atoms with Crippen LogP contribution in [0, 0.1) is 5.92 Å². The van der Waals surface area contributed by atoms with E-state index in [0.717, 1.165) is 15.7 Å². The third kappa shape index (κ3) is 3.85. The third-order valence-corrected chi connectivity index (χ3v) is 4.78. The van der Waals surface area contributed by atoms with Crippen molar-refractivity contribution in [1.82, 2.24) is 5.32 Å². The number of carbonyl (C=O) groups excluding carboxylic acids is 2. The minimum Gasteiger partial charge on any atom is -0.496 e. The van der Waals surface area contributed by atoms with Gasteiger partial charge in [-0.3, -0.25) is 9.59 Å². The molecule has 1 saturated heterocycles. The molecule has 1 N–H and O–H groups in total. The fourth-order valence-corrected chi connectivity index (χ4v) is 3.39. The second-order valence-electron chi connectivity index (χ2n) is 5.84. The van der Waals surface area contributed by atoms with Crippen molar-refractivity contribution < 1.29 is 14.3 Å². The number of halogens is 1. The second-order valence-corrected chi connectivity index (χ2v) is 6.76. The maximum Gasteiger partial charge on any atom is 0.239 e. The predicted molar refractivity (Wildman–Crippen MR) is 99.4 cm³/mol. The van der Waals surface area contributed by atoms with E-state index in [1.165, 1.54) is 0 Å². The average Bonchev–Trinajstić information content (AvgIpc) is 3.02. The standard InChI is InChI=1S/C19H19BrN2O3/c1-25-17-8-7-14(20)11-13(17)12-21-18(23)16-9-10-22(19(16)24)15-5-3-2-4-6-15/h2-8,11,16H,9-10,12H2,1H3,(H,21,23)/t16-/m1/s1. The van der Waals surface area contributed by atoms with E-state index in [1.807, 2.05) is 48.5 Å². The van der Waals surface area contributed by atoms with Gasteiger partial charge < -0.3 is 15.0 Å². The molecule has 1 atom stereocenters. The van der Waals surface area contributed by atoms with Gasteiger partial charge in [-0.15, -0.1) is 0 Å². The van der Waals surface area contributed by atoms with Crippen LogP contribution in [0.15, 0.2) is 53.0 Å². The van der Waals surface area contributed by atoms with Crippen molar-refractivity contribution in [1.29, 1.82) is 0 Å². The number of methoxy groups -OCH3 is 1. The molecule has 0 radical (unpaired) electrons. The first-order valence-corrected chi connectivity index (χ1v) is 8.86. The summed E-state index contributed by atoms with van der Waals surface area (Å²) in [6.45, 7) is 0.873. The Labute approximate surface area is 155 Å². The van der Waals surface area contributed by atoms with Gasteiger partial charge in [0.15, 0.2) is 0 Å². The van der Waals surface area contributed by atoms with Crippen LogP contribution in [0.2, 0.25) is 0 Å². The SMILES string of the molecule is COc1ccc(Br)cc1CNC(=O)[C@H]1CCN(c2ccccc2)C1=O. The van der Waals surface area contributed by atoms with Crippen molar-refractivity contribution in [2.45, 2.75) is 13.0 Å².